The molecule has 3 heterocycles. The fraction of sp³-hybridized carbons (Fsp3) is 0.622. The Morgan fingerprint density at radius 2 is 1.87 bits per heavy atom. The SMILES string of the molecule is CC[C@@H]1C[C@H](C)CCC=C[C@@H]2C[C@@]2(C(=O)NS(=O)(=O)C2CC2)NC(=O)[C@@H]2C[C@@H](Oc3nc4ccc(OC)cc4nc3C3CC3)CN2C(=O)[C@H]1NC(=O)O. The van der Waals surface area contributed by atoms with Crippen molar-refractivity contribution in [1.29, 1.82) is 0 Å². The number of aromatic nitrogens is 2. The predicted molar refractivity (Wildman–Crippen MR) is 193 cm³/mol. The summed E-state index contributed by atoms with van der Waals surface area (Å²) in [7, 11) is -2.33. The molecule has 1 aromatic heterocycles. The van der Waals surface area contributed by atoms with Crippen molar-refractivity contribution in [3.63, 3.8) is 0 Å². The van der Waals surface area contributed by atoms with Crippen LogP contribution in [0.4, 0.5) is 4.79 Å². The van der Waals surface area contributed by atoms with E-state index >= 15 is 0 Å². The number of amides is 4. The highest BCUT2D eigenvalue weighted by Crippen LogP contribution is 2.47. The maximum atomic E-state index is 14.6. The van der Waals surface area contributed by atoms with Crippen molar-refractivity contribution >= 4 is 44.9 Å². The van der Waals surface area contributed by atoms with Crippen molar-refractivity contribution in [1.82, 2.24) is 30.2 Å². The third-order valence-corrected chi connectivity index (χ3v) is 13.2. The van der Waals surface area contributed by atoms with Gasteiger partial charge in [-0.15, -0.1) is 0 Å². The number of fused-ring (bicyclic) bond motifs is 3. The summed E-state index contributed by atoms with van der Waals surface area (Å²) in [5, 5.41) is 14.6. The topological polar surface area (TPSA) is 206 Å². The van der Waals surface area contributed by atoms with Gasteiger partial charge in [0.2, 0.25) is 27.7 Å². The predicted octanol–water partition coefficient (Wildman–Crippen LogP) is 3.39. The summed E-state index contributed by atoms with van der Waals surface area (Å²) in [6.45, 7) is 3.92. The second kappa shape index (κ2) is 14.4. The number of sulfonamides is 1. The van der Waals surface area contributed by atoms with Gasteiger partial charge in [0.25, 0.3) is 5.91 Å². The van der Waals surface area contributed by atoms with E-state index in [0.29, 0.717) is 60.5 Å². The molecule has 15 nitrogen and oxygen atoms in total. The van der Waals surface area contributed by atoms with Gasteiger partial charge in [0, 0.05) is 24.3 Å². The van der Waals surface area contributed by atoms with Crippen LogP contribution in [0.25, 0.3) is 11.0 Å². The number of carboxylic acid groups (broad SMARTS) is 1. The normalized spacial score (nSPS) is 30.7. The van der Waals surface area contributed by atoms with Gasteiger partial charge in [-0.3, -0.25) is 19.1 Å². The van der Waals surface area contributed by atoms with Crippen LogP contribution in [0, 0.1) is 17.8 Å². The molecule has 16 heteroatoms. The Balaban J connectivity index is 1.23. The molecule has 7 atom stereocenters. The molecule has 4 fully saturated rings. The number of nitrogens with zero attached hydrogens (tertiary/aromatic N) is 3. The van der Waals surface area contributed by atoms with E-state index in [9.17, 15) is 32.7 Å². The van der Waals surface area contributed by atoms with E-state index in [1.807, 2.05) is 19.1 Å². The van der Waals surface area contributed by atoms with E-state index in [-0.39, 0.29) is 37.1 Å². The quantitative estimate of drug-likeness (QED) is 0.273. The lowest BCUT2D eigenvalue weighted by atomic mass is 9.85. The average molecular weight is 753 g/mol. The van der Waals surface area contributed by atoms with Crippen LogP contribution in [0.15, 0.2) is 30.4 Å². The van der Waals surface area contributed by atoms with Crippen molar-refractivity contribution in [3.8, 4) is 11.6 Å². The zero-order valence-corrected chi connectivity index (χ0v) is 31.1. The van der Waals surface area contributed by atoms with Crippen LogP contribution in [0.3, 0.4) is 0 Å². The lowest BCUT2D eigenvalue weighted by Gasteiger charge is -2.33. The van der Waals surface area contributed by atoms with Gasteiger partial charge in [-0.1, -0.05) is 32.4 Å². The van der Waals surface area contributed by atoms with Crippen molar-refractivity contribution in [2.45, 2.75) is 113 Å². The average Bonchev–Trinajstić information content (AvgIpc) is 4.01. The molecule has 0 spiro atoms. The zero-order valence-electron chi connectivity index (χ0n) is 30.2. The number of benzene rings is 1. The number of rotatable bonds is 9. The Labute approximate surface area is 308 Å². The van der Waals surface area contributed by atoms with Crippen LogP contribution >= 0.6 is 0 Å². The monoisotopic (exact) mass is 752 g/mol. The van der Waals surface area contributed by atoms with Crippen LogP contribution in [0.1, 0.15) is 89.7 Å². The number of carbonyl (C=O) groups excluding carboxylic acids is 3. The van der Waals surface area contributed by atoms with Crippen LogP contribution in [0.5, 0.6) is 11.6 Å². The highest BCUT2D eigenvalue weighted by atomic mass is 32.2. The molecule has 3 aliphatic carbocycles. The summed E-state index contributed by atoms with van der Waals surface area (Å²) in [6.07, 6.45) is 7.20. The molecule has 3 saturated carbocycles. The minimum absolute atomic E-state index is 0.0234. The van der Waals surface area contributed by atoms with Gasteiger partial charge in [0.05, 0.1) is 29.9 Å². The van der Waals surface area contributed by atoms with Gasteiger partial charge in [-0.05, 0) is 75.3 Å². The molecule has 2 aromatic rings. The molecule has 0 radical (unpaired) electrons. The third-order valence-electron chi connectivity index (χ3n) is 11.4. The summed E-state index contributed by atoms with van der Waals surface area (Å²) in [5.74, 6) is -1.59. The summed E-state index contributed by atoms with van der Waals surface area (Å²) in [4.78, 5) is 65.8. The number of hydrogen-bond donors (Lipinski definition) is 4. The first-order chi connectivity index (χ1) is 25.3. The number of methoxy groups -OCH3 is 1. The third kappa shape index (κ3) is 7.78. The largest absolute Gasteiger partial charge is 0.497 e. The molecule has 4 N–H and O–H groups in total. The van der Waals surface area contributed by atoms with E-state index in [1.54, 1.807) is 25.3 Å². The Hall–Kier alpha value is -4.47. The molecule has 286 valence electrons. The molecule has 0 bridgehead atoms. The standard InChI is InChI=1S/C37H48N6O9S/c1-4-21-15-20(2)7-5-6-8-23-18-37(23,35(46)42-53(49,50)26-12-13-26)41-32(44)29-17-25(19-43(29)34(45)31(21)40-36(47)48)52-33-30(22-9-10-22)38-28-16-24(51-3)11-14-27(28)39-33/h6,8,11,14,16,20-23,25-26,29,31,40H,4-5,7,9-10,12-13,15,17-19H2,1-3H3,(H,41,44)(H,42,46)(H,47,48)/t20-,21-,23-,25-,29+,31+,37-/m1/s1. The minimum Gasteiger partial charge on any atom is -0.497 e. The lowest BCUT2D eigenvalue weighted by molar-refractivity contribution is -0.142. The first-order valence-electron chi connectivity index (χ1n) is 18.7. The minimum atomic E-state index is -3.90. The summed E-state index contributed by atoms with van der Waals surface area (Å²) in [6, 6.07) is 3.07. The van der Waals surface area contributed by atoms with E-state index in [1.165, 1.54) is 4.90 Å². The Morgan fingerprint density at radius 1 is 1.09 bits per heavy atom. The van der Waals surface area contributed by atoms with Gasteiger partial charge in [0.1, 0.15) is 35.2 Å². The summed E-state index contributed by atoms with van der Waals surface area (Å²) in [5.41, 5.74) is 0.384. The number of ether oxygens (including phenoxy) is 2. The highest BCUT2D eigenvalue weighted by Gasteiger charge is 2.62. The number of nitrogens with one attached hydrogen (secondary N) is 3. The second-order valence-corrected chi connectivity index (χ2v) is 17.4. The first kappa shape index (κ1) is 36.9. The van der Waals surface area contributed by atoms with Crippen LogP contribution in [0.2, 0.25) is 0 Å². The van der Waals surface area contributed by atoms with E-state index in [2.05, 4.69) is 22.3 Å². The van der Waals surface area contributed by atoms with Crippen LogP contribution in [-0.2, 0) is 24.4 Å². The number of carbonyl (C=O) groups is 4. The molecule has 7 rings (SSSR count). The fourth-order valence-electron chi connectivity index (χ4n) is 7.87. The maximum Gasteiger partial charge on any atom is 0.405 e. The van der Waals surface area contributed by atoms with Crippen LogP contribution < -0.4 is 24.8 Å². The molecule has 0 unspecified atom stereocenters. The van der Waals surface area contributed by atoms with E-state index < -0.39 is 68.7 Å². The van der Waals surface area contributed by atoms with Crippen molar-refractivity contribution in [2.75, 3.05) is 13.7 Å². The lowest BCUT2D eigenvalue weighted by Crippen LogP contribution is -2.59. The molecular weight excluding hydrogens is 705 g/mol. The van der Waals surface area contributed by atoms with Gasteiger partial charge < -0.3 is 30.1 Å². The van der Waals surface area contributed by atoms with Crippen LogP contribution in [-0.4, -0.2) is 94.8 Å². The molecule has 1 saturated heterocycles. The highest BCUT2D eigenvalue weighted by molar-refractivity contribution is 7.91. The van der Waals surface area contributed by atoms with Gasteiger partial charge >= 0.3 is 6.09 Å². The summed E-state index contributed by atoms with van der Waals surface area (Å²) < 4.78 is 39.8. The Bertz CT molecular complexity index is 1930. The molecule has 1 aromatic carbocycles. The van der Waals surface area contributed by atoms with Gasteiger partial charge in [-0.25, -0.2) is 23.2 Å². The molecule has 4 amide bonds. The van der Waals surface area contributed by atoms with E-state index in [0.717, 1.165) is 19.3 Å². The Kier molecular flexibility index (Phi) is 10.0. The zero-order chi connectivity index (χ0) is 37.7. The number of hydrogen-bond acceptors (Lipinski definition) is 10. The summed E-state index contributed by atoms with van der Waals surface area (Å²) >= 11 is 0. The van der Waals surface area contributed by atoms with Crippen molar-refractivity contribution in [3.05, 3.63) is 36.0 Å². The molecule has 2 aliphatic heterocycles. The Morgan fingerprint density at radius 3 is 2.55 bits per heavy atom. The van der Waals surface area contributed by atoms with Crippen molar-refractivity contribution < 1.29 is 42.2 Å². The second-order valence-electron chi connectivity index (χ2n) is 15.4. The molecule has 53 heavy (non-hydrogen) atoms. The smallest absolute Gasteiger partial charge is 0.405 e. The fourth-order valence-corrected chi connectivity index (χ4v) is 9.24. The van der Waals surface area contributed by atoms with Crippen molar-refractivity contribution in [2.24, 2.45) is 17.8 Å². The maximum absolute atomic E-state index is 14.6. The first-order valence-corrected chi connectivity index (χ1v) is 20.2. The van der Waals surface area contributed by atoms with Gasteiger partial charge in [-0.2, -0.15) is 0 Å². The molecular formula is C37H48N6O9S. The van der Waals surface area contributed by atoms with Gasteiger partial charge in [0.15, 0.2) is 0 Å². The van der Waals surface area contributed by atoms with E-state index in [4.69, 9.17) is 19.4 Å². The molecule has 5 aliphatic rings. The number of allylic oxidation sites excluding steroid dienone is 1.